The van der Waals surface area contributed by atoms with E-state index in [4.69, 9.17) is 0 Å². The Hall–Kier alpha value is -2.39. The molecule has 1 atom stereocenters. The Balaban J connectivity index is 1.86. The van der Waals surface area contributed by atoms with Crippen LogP contribution in [0.15, 0.2) is 72.4 Å². The normalized spacial score (nSPS) is 19.5. The Morgan fingerprint density at radius 2 is 1.68 bits per heavy atom. The van der Waals surface area contributed by atoms with Crippen molar-refractivity contribution in [3.8, 4) is 0 Å². The fraction of sp³-hybridized carbons (Fsp3) is 0.0625. The first-order chi connectivity index (χ1) is 9.25. The van der Waals surface area contributed by atoms with Crippen LogP contribution >= 0.6 is 0 Å². The van der Waals surface area contributed by atoms with E-state index in [0.29, 0.717) is 5.57 Å². The van der Waals surface area contributed by atoms with Crippen molar-refractivity contribution in [1.29, 1.82) is 0 Å². The number of aliphatic hydroxyl groups is 1. The molecule has 96 valence electrons. The van der Waals surface area contributed by atoms with Gasteiger partial charge in [-0.1, -0.05) is 66.8 Å². The molecule has 1 heterocycles. The minimum atomic E-state index is -1.14. The molecule has 1 aromatic rings. The van der Waals surface area contributed by atoms with Crippen molar-refractivity contribution >= 4 is 12.0 Å². The van der Waals surface area contributed by atoms with Crippen LogP contribution < -0.4 is 0 Å². The van der Waals surface area contributed by atoms with Gasteiger partial charge in [0.15, 0.2) is 0 Å². The van der Waals surface area contributed by atoms with Gasteiger partial charge in [-0.15, -0.1) is 0 Å². The summed E-state index contributed by atoms with van der Waals surface area (Å²) in [6.07, 6.45) is 11.1. The molecule has 3 heteroatoms. The lowest BCUT2D eigenvalue weighted by Gasteiger charge is -2.01. The van der Waals surface area contributed by atoms with Crippen LogP contribution in [0.4, 0.5) is 0 Å². The minimum Gasteiger partial charge on any atom is -0.428 e. The summed E-state index contributed by atoms with van der Waals surface area (Å²) in [6, 6.07) is 9.97. The molecule has 1 N–H and O–H groups in total. The number of carbonyl (C=O) groups is 1. The lowest BCUT2D eigenvalue weighted by Crippen LogP contribution is -2.08. The average molecular weight is 254 g/mol. The highest BCUT2D eigenvalue weighted by Gasteiger charge is 2.20. The van der Waals surface area contributed by atoms with Crippen molar-refractivity contribution < 1.29 is 14.6 Å². The van der Waals surface area contributed by atoms with Gasteiger partial charge >= 0.3 is 5.97 Å². The number of esters is 1. The van der Waals surface area contributed by atoms with Crippen LogP contribution in [0.1, 0.15) is 5.56 Å². The molecule has 2 rings (SSSR count). The molecular weight excluding hydrogens is 240 g/mol. The van der Waals surface area contributed by atoms with E-state index in [1.165, 1.54) is 6.08 Å². The van der Waals surface area contributed by atoms with E-state index >= 15 is 0 Å². The zero-order valence-corrected chi connectivity index (χ0v) is 10.3. The van der Waals surface area contributed by atoms with E-state index in [1.807, 2.05) is 54.6 Å². The lowest BCUT2D eigenvalue weighted by molar-refractivity contribution is -0.150. The molecule has 0 saturated carbocycles. The molecule has 1 aromatic carbocycles. The number of carbonyl (C=O) groups excluding carboxylic acids is 1. The largest absolute Gasteiger partial charge is 0.428 e. The predicted octanol–water partition coefficient (Wildman–Crippen LogP) is 2.61. The molecule has 1 aliphatic rings. The Morgan fingerprint density at radius 3 is 2.32 bits per heavy atom. The fourth-order valence-corrected chi connectivity index (χ4v) is 1.58. The van der Waals surface area contributed by atoms with E-state index in [9.17, 15) is 9.90 Å². The minimum absolute atomic E-state index is 0.460. The highest BCUT2D eigenvalue weighted by molar-refractivity contribution is 5.86. The molecule has 0 fully saturated rings. The summed E-state index contributed by atoms with van der Waals surface area (Å²) in [7, 11) is 0. The molecule has 0 aliphatic carbocycles. The monoisotopic (exact) mass is 254 g/mol. The summed E-state index contributed by atoms with van der Waals surface area (Å²) in [4.78, 5) is 10.8. The van der Waals surface area contributed by atoms with Crippen molar-refractivity contribution in [3.05, 3.63) is 77.9 Å². The van der Waals surface area contributed by atoms with Crippen molar-refractivity contribution in [1.82, 2.24) is 0 Å². The number of hydrogen-bond acceptors (Lipinski definition) is 3. The van der Waals surface area contributed by atoms with Crippen LogP contribution in [-0.4, -0.2) is 17.4 Å². The van der Waals surface area contributed by atoms with E-state index in [2.05, 4.69) is 4.74 Å². The first kappa shape index (κ1) is 13.1. The standard InChI is InChI=1S/C16H14O3/c17-15-12-14(16(18)19-15)11-7-2-1-4-8-13-9-5-3-6-10-13/h1-12,16,18H/b2-1+,8-4+,11-7+. The number of hydrogen-bond donors (Lipinski definition) is 1. The number of benzene rings is 1. The quantitative estimate of drug-likeness (QED) is 0.663. The number of aliphatic hydroxyl groups excluding tert-OH is 1. The average Bonchev–Trinajstić information content (AvgIpc) is 2.73. The molecule has 0 spiro atoms. The Labute approximate surface area is 111 Å². The summed E-state index contributed by atoms with van der Waals surface area (Å²) in [5.74, 6) is -0.514. The van der Waals surface area contributed by atoms with Gasteiger partial charge in [0.05, 0.1) is 0 Å². The number of rotatable bonds is 4. The van der Waals surface area contributed by atoms with Gasteiger partial charge in [-0.05, 0) is 5.56 Å². The Morgan fingerprint density at radius 1 is 1.00 bits per heavy atom. The number of cyclic esters (lactones) is 1. The van der Waals surface area contributed by atoms with E-state index in [1.54, 1.807) is 12.2 Å². The predicted molar refractivity (Wildman–Crippen MR) is 73.9 cm³/mol. The SMILES string of the molecule is O=C1C=C(/C=C/C=C/C=C/c2ccccc2)C(O)O1. The summed E-state index contributed by atoms with van der Waals surface area (Å²) >= 11 is 0. The topological polar surface area (TPSA) is 46.5 Å². The first-order valence-electron chi connectivity index (χ1n) is 5.92. The lowest BCUT2D eigenvalue weighted by atomic mass is 10.2. The summed E-state index contributed by atoms with van der Waals surface area (Å²) in [5, 5.41) is 9.31. The van der Waals surface area contributed by atoms with Crippen LogP contribution in [0.3, 0.4) is 0 Å². The van der Waals surface area contributed by atoms with Gasteiger partial charge in [-0.2, -0.15) is 0 Å². The molecule has 0 amide bonds. The van der Waals surface area contributed by atoms with Crippen molar-refractivity contribution in [2.45, 2.75) is 6.29 Å². The Bertz CT molecular complexity index is 551. The van der Waals surface area contributed by atoms with Gasteiger partial charge < -0.3 is 9.84 Å². The second-order valence-electron chi connectivity index (χ2n) is 3.95. The molecule has 3 nitrogen and oxygen atoms in total. The maximum Gasteiger partial charge on any atom is 0.333 e. The van der Waals surface area contributed by atoms with Gasteiger partial charge in [-0.3, -0.25) is 0 Å². The molecule has 0 bridgehead atoms. The summed E-state index contributed by atoms with van der Waals surface area (Å²) in [6.45, 7) is 0. The van der Waals surface area contributed by atoms with Gasteiger partial charge in [0.1, 0.15) is 0 Å². The van der Waals surface area contributed by atoms with Crippen LogP contribution in [0.2, 0.25) is 0 Å². The van der Waals surface area contributed by atoms with Gasteiger partial charge in [0.2, 0.25) is 6.29 Å². The smallest absolute Gasteiger partial charge is 0.333 e. The zero-order chi connectivity index (χ0) is 13.5. The third-order valence-electron chi connectivity index (χ3n) is 2.51. The molecule has 0 aromatic heterocycles. The molecule has 0 radical (unpaired) electrons. The third-order valence-corrected chi connectivity index (χ3v) is 2.51. The van der Waals surface area contributed by atoms with Gasteiger partial charge in [0, 0.05) is 11.6 Å². The third kappa shape index (κ3) is 4.08. The Kier molecular flexibility index (Phi) is 4.48. The van der Waals surface area contributed by atoms with E-state index in [0.717, 1.165) is 5.56 Å². The molecule has 0 saturated heterocycles. The highest BCUT2D eigenvalue weighted by Crippen LogP contribution is 2.14. The van der Waals surface area contributed by atoms with Gasteiger partial charge in [0.25, 0.3) is 0 Å². The summed E-state index contributed by atoms with van der Waals surface area (Å²) in [5.41, 5.74) is 1.59. The van der Waals surface area contributed by atoms with Gasteiger partial charge in [-0.25, -0.2) is 4.79 Å². The van der Waals surface area contributed by atoms with Crippen molar-refractivity contribution in [2.24, 2.45) is 0 Å². The van der Waals surface area contributed by atoms with Crippen molar-refractivity contribution in [2.75, 3.05) is 0 Å². The first-order valence-corrected chi connectivity index (χ1v) is 5.92. The molecular formula is C16H14O3. The fourth-order valence-electron chi connectivity index (χ4n) is 1.58. The molecule has 19 heavy (non-hydrogen) atoms. The zero-order valence-electron chi connectivity index (χ0n) is 10.3. The second-order valence-corrected chi connectivity index (χ2v) is 3.95. The van der Waals surface area contributed by atoms with Crippen LogP contribution in [-0.2, 0) is 9.53 Å². The maximum atomic E-state index is 10.8. The van der Waals surface area contributed by atoms with E-state index < -0.39 is 12.3 Å². The number of ether oxygens (including phenoxy) is 1. The van der Waals surface area contributed by atoms with Crippen molar-refractivity contribution in [3.63, 3.8) is 0 Å². The van der Waals surface area contributed by atoms with Crippen LogP contribution in [0.5, 0.6) is 0 Å². The van der Waals surface area contributed by atoms with Crippen LogP contribution in [0.25, 0.3) is 6.08 Å². The summed E-state index contributed by atoms with van der Waals surface area (Å²) < 4.78 is 4.54. The van der Waals surface area contributed by atoms with Crippen LogP contribution in [0, 0.1) is 0 Å². The van der Waals surface area contributed by atoms with E-state index in [-0.39, 0.29) is 0 Å². The maximum absolute atomic E-state index is 10.8. The molecule has 1 unspecified atom stereocenters. The second kappa shape index (κ2) is 6.52. The number of allylic oxidation sites excluding steroid dienone is 4. The molecule has 1 aliphatic heterocycles. The highest BCUT2D eigenvalue weighted by atomic mass is 16.6.